The van der Waals surface area contributed by atoms with Gasteiger partial charge in [0, 0.05) is 32.0 Å². The zero-order valence-electron chi connectivity index (χ0n) is 15.1. The van der Waals surface area contributed by atoms with Crippen LogP contribution in [-0.4, -0.2) is 63.5 Å². The Morgan fingerprint density at radius 3 is 2.48 bits per heavy atom. The van der Waals surface area contributed by atoms with Crippen LogP contribution in [-0.2, 0) is 4.74 Å². The number of methoxy groups -OCH3 is 1. The third kappa shape index (κ3) is 3.48. The molecule has 0 saturated carbocycles. The van der Waals surface area contributed by atoms with Crippen molar-refractivity contribution in [3.05, 3.63) is 62.1 Å². The second-order valence-electron chi connectivity index (χ2n) is 6.09. The van der Waals surface area contributed by atoms with E-state index in [1.165, 1.54) is 41.3 Å². The van der Waals surface area contributed by atoms with Gasteiger partial charge in [-0.2, -0.15) is 0 Å². The van der Waals surface area contributed by atoms with Gasteiger partial charge < -0.3 is 19.8 Å². The zero-order chi connectivity index (χ0) is 21.3. The number of carboxylic acid groups (broad SMARTS) is 1. The number of aromatic carboxylic acids is 1. The van der Waals surface area contributed by atoms with Crippen molar-refractivity contribution in [1.82, 2.24) is 9.58 Å². The number of carbonyl (C=O) groups excluding carboxylic acids is 1. The summed E-state index contributed by atoms with van der Waals surface area (Å²) in [4.78, 5) is 47.9. The van der Waals surface area contributed by atoms with Crippen LogP contribution in [0.4, 0.5) is 11.4 Å². The van der Waals surface area contributed by atoms with Crippen molar-refractivity contribution in [3.63, 3.8) is 0 Å². The van der Waals surface area contributed by atoms with Gasteiger partial charge in [-0.25, -0.2) is 9.47 Å². The molecule has 12 heteroatoms. The number of hydrogen-bond acceptors (Lipinski definition) is 8. The molecule has 0 aliphatic carbocycles. The Hall–Kier alpha value is -3.93. The number of pyridine rings is 1. The van der Waals surface area contributed by atoms with Crippen molar-refractivity contribution in [3.8, 4) is 5.75 Å². The summed E-state index contributed by atoms with van der Waals surface area (Å²) in [6.07, 6.45) is 0.937. The molecule has 1 aromatic heterocycles. The zero-order valence-corrected chi connectivity index (χ0v) is 15.1. The predicted octanol–water partition coefficient (Wildman–Crippen LogP) is 0.490. The van der Waals surface area contributed by atoms with E-state index in [1.807, 2.05) is 0 Å². The Balaban J connectivity index is 2.19. The first-order valence-electron chi connectivity index (χ1n) is 8.28. The average Bonchev–Trinajstić information content (AvgIpc) is 2.69. The number of aromatic nitrogens is 1. The molecule has 0 bridgehead atoms. The molecule has 0 spiro atoms. The Kier molecular flexibility index (Phi) is 5.19. The number of ether oxygens (including phenoxy) is 1. The lowest BCUT2D eigenvalue weighted by Gasteiger charge is -2.39. The highest BCUT2D eigenvalue weighted by molar-refractivity contribution is 5.98. The molecule has 1 aliphatic heterocycles. The number of benzene rings is 1. The molecule has 0 radical (unpaired) electrons. The molecule has 1 aliphatic rings. The van der Waals surface area contributed by atoms with Crippen LogP contribution in [0.25, 0.3) is 0 Å². The molecular weight excluding hydrogens is 388 g/mol. The van der Waals surface area contributed by atoms with Crippen molar-refractivity contribution in [2.45, 2.75) is 0 Å². The summed E-state index contributed by atoms with van der Waals surface area (Å²) in [5, 5.41) is 31.8. The minimum atomic E-state index is -1.57. The number of non-ortho nitro benzene ring substituents is 1. The number of nitro groups is 1. The Morgan fingerprint density at radius 1 is 1.28 bits per heavy atom. The van der Waals surface area contributed by atoms with E-state index in [4.69, 9.17) is 4.74 Å². The lowest BCUT2D eigenvalue weighted by molar-refractivity contribution is -0.384. The average molecular weight is 404 g/mol. The van der Waals surface area contributed by atoms with Gasteiger partial charge in [-0.1, -0.05) is 0 Å². The van der Waals surface area contributed by atoms with Crippen LogP contribution >= 0.6 is 0 Å². The van der Waals surface area contributed by atoms with Gasteiger partial charge in [-0.15, -0.1) is 0 Å². The number of carbonyl (C=O) groups is 2. The highest BCUT2D eigenvalue weighted by Crippen LogP contribution is 2.27. The van der Waals surface area contributed by atoms with Gasteiger partial charge >= 0.3 is 5.97 Å². The van der Waals surface area contributed by atoms with E-state index >= 15 is 0 Å². The first-order valence-corrected chi connectivity index (χ1v) is 8.28. The van der Waals surface area contributed by atoms with E-state index < -0.39 is 39.2 Å². The molecule has 2 heterocycles. The standard InChI is InChI=1S/C17H16N4O8/c1-29-7-6-18-9-20(10-2-4-11(5-3-10)21(27)28)19-8-12(17(25)26)14(22)15(23)13(19)16(18)24/h2-5,8,23H,6-7,9H2,1H3,(H,25,26). The van der Waals surface area contributed by atoms with Gasteiger partial charge in [0.05, 0.1) is 17.2 Å². The summed E-state index contributed by atoms with van der Waals surface area (Å²) in [6, 6.07) is 5.29. The van der Waals surface area contributed by atoms with Crippen molar-refractivity contribution >= 4 is 23.3 Å². The third-order valence-electron chi connectivity index (χ3n) is 4.37. The Labute approximate surface area is 162 Å². The van der Waals surface area contributed by atoms with E-state index in [2.05, 4.69) is 0 Å². The monoisotopic (exact) mass is 404 g/mol. The summed E-state index contributed by atoms with van der Waals surface area (Å²) in [6.45, 7) is 0.236. The normalized spacial score (nSPS) is 13.3. The third-order valence-corrected chi connectivity index (χ3v) is 4.37. The van der Waals surface area contributed by atoms with Crippen LogP contribution in [0.3, 0.4) is 0 Å². The van der Waals surface area contributed by atoms with E-state index in [1.54, 1.807) is 0 Å². The van der Waals surface area contributed by atoms with Crippen molar-refractivity contribution in [2.75, 3.05) is 31.9 Å². The fraction of sp³-hybridized carbons (Fsp3) is 0.235. The molecule has 0 unspecified atom stereocenters. The van der Waals surface area contributed by atoms with Gasteiger partial charge in [0.25, 0.3) is 11.6 Å². The number of fused-ring (bicyclic) bond motifs is 1. The van der Waals surface area contributed by atoms with Gasteiger partial charge in [-0.3, -0.25) is 24.7 Å². The number of aromatic hydroxyl groups is 1. The highest BCUT2D eigenvalue weighted by Gasteiger charge is 2.35. The second-order valence-corrected chi connectivity index (χ2v) is 6.09. The van der Waals surface area contributed by atoms with Crippen LogP contribution in [0.2, 0.25) is 0 Å². The molecule has 1 amide bonds. The van der Waals surface area contributed by atoms with Crippen LogP contribution < -0.4 is 10.4 Å². The maximum absolute atomic E-state index is 12.8. The van der Waals surface area contributed by atoms with Crippen LogP contribution in [0.5, 0.6) is 5.75 Å². The summed E-state index contributed by atoms with van der Waals surface area (Å²) >= 11 is 0. The Bertz CT molecular complexity index is 1050. The molecule has 12 nitrogen and oxygen atoms in total. The van der Waals surface area contributed by atoms with Crippen LogP contribution in [0, 0.1) is 10.1 Å². The number of hydrogen-bond donors (Lipinski definition) is 2. The number of nitrogens with zero attached hydrogens (tertiary/aromatic N) is 4. The fourth-order valence-electron chi connectivity index (χ4n) is 2.90. The van der Waals surface area contributed by atoms with E-state index in [0.717, 1.165) is 10.9 Å². The number of nitro benzene ring substituents is 1. The first kappa shape index (κ1) is 19.8. The van der Waals surface area contributed by atoms with Gasteiger partial charge in [0.1, 0.15) is 12.2 Å². The van der Waals surface area contributed by atoms with Crippen LogP contribution in [0.1, 0.15) is 20.8 Å². The minimum Gasteiger partial charge on any atom is -0.502 e. The maximum Gasteiger partial charge on any atom is 0.341 e. The molecule has 0 atom stereocenters. The molecule has 2 aromatic rings. The number of rotatable bonds is 6. The lowest BCUT2D eigenvalue weighted by Crippen LogP contribution is -2.53. The lowest BCUT2D eigenvalue weighted by atomic mass is 10.2. The van der Waals surface area contributed by atoms with E-state index in [-0.39, 0.29) is 25.5 Å². The van der Waals surface area contributed by atoms with Crippen molar-refractivity contribution < 1.29 is 29.5 Å². The summed E-state index contributed by atoms with van der Waals surface area (Å²) in [5.41, 5.74) is -2.12. The SMILES string of the molecule is COCCN1CN(c2ccc([N+](=O)[O-])cc2)n2cc(C(=O)O)c(=O)c(O)c2C1=O. The van der Waals surface area contributed by atoms with Gasteiger partial charge in [0.2, 0.25) is 5.43 Å². The maximum atomic E-state index is 12.8. The molecule has 0 fully saturated rings. The van der Waals surface area contributed by atoms with Crippen molar-refractivity contribution in [2.24, 2.45) is 0 Å². The largest absolute Gasteiger partial charge is 0.502 e. The molecular formula is C17H16N4O8. The van der Waals surface area contributed by atoms with Gasteiger partial charge in [-0.05, 0) is 12.1 Å². The topological polar surface area (TPSA) is 155 Å². The van der Waals surface area contributed by atoms with Gasteiger partial charge in [0.15, 0.2) is 11.4 Å². The van der Waals surface area contributed by atoms with Crippen molar-refractivity contribution in [1.29, 1.82) is 0 Å². The number of anilines is 1. The quantitative estimate of drug-likeness (QED) is 0.517. The molecule has 152 valence electrons. The van der Waals surface area contributed by atoms with E-state index in [0.29, 0.717) is 5.69 Å². The number of carboxylic acids is 1. The summed E-state index contributed by atoms with van der Waals surface area (Å²) in [7, 11) is 1.44. The van der Waals surface area contributed by atoms with E-state index in [9.17, 15) is 34.7 Å². The molecule has 2 N–H and O–H groups in total. The minimum absolute atomic E-state index is 0.0750. The molecule has 0 saturated heterocycles. The fourth-order valence-corrected chi connectivity index (χ4v) is 2.90. The summed E-state index contributed by atoms with van der Waals surface area (Å²) < 4.78 is 6.03. The highest BCUT2D eigenvalue weighted by atomic mass is 16.6. The Morgan fingerprint density at radius 2 is 1.93 bits per heavy atom. The number of amides is 1. The molecule has 1 aromatic carbocycles. The summed E-state index contributed by atoms with van der Waals surface area (Å²) in [5.74, 6) is -3.26. The molecule has 3 rings (SSSR count). The first-order chi connectivity index (χ1) is 13.8. The smallest absolute Gasteiger partial charge is 0.341 e. The predicted molar refractivity (Wildman–Crippen MR) is 98.1 cm³/mol. The molecule has 29 heavy (non-hydrogen) atoms. The van der Waals surface area contributed by atoms with Crippen LogP contribution in [0.15, 0.2) is 35.3 Å². The second kappa shape index (κ2) is 7.59.